The van der Waals surface area contributed by atoms with Gasteiger partial charge in [-0.25, -0.2) is 0 Å². The van der Waals surface area contributed by atoms with Gasteiger partial charge in [-0.05, 0) is 69.2 Å². The number of rotatable bonds is 5. The molecule has 0 N–H and O–H groups in total. The third-order valence-corrected chi connectivity index (χ3v) is 9.82. The van der Waals surface area contributed by atoms with E-state index in [-0.39, 0.29) is 42.9 Å². The molecule has 0 spiro atoms. The summed E-state index contributed by atoms with van der Waals surface area (Å²) in [7, 11) is 0. The number of aryl methyl sites for hydroxylation is 2. The quantitative estimate of drug-likeness (QED) is 0.128. The number of nitrogens with zero attached hydrogens (tertiary/aromatic N) is 4. The van der Waals surface area contributed by atoms with Crippen LogP contribution in [0, 0.1) is 36.6 Å². The van der Waals surface area contributed by atoms with E-state index in [1.54, 1.807) is 22.8 Å². The van der Waals surface area contributed by atoms with E-state index in [0.29, 0.717) is 39.1 Å². The normalized spacial score (nSPS) is 13.6. The van der Waals surface area contributed by atoms with Crippen LogP contribution < -0.4 is 4.57 Å². The molecule has 5 aromatic carbocycles. The topological polar surface area (TPSA) is 58.6 Å². The molecule has 3 heterocycles. The van der Waals surface area contributed by atoms with E-state index in [1.807, 2.05) is 66.7 Å². The number of benzene rings is 5. The minimum Gasteiger partial charge on any atom is -0.499 e. The number of hydrogen-bond acceptors (Lipinski definition) is 3. The van der Waals surface area contributed by atoms with Gasteiger partial charge in [-0.3, -0.25) is 0 Å². The van der Waals surface area contributed by atoms with Gasteiger partial charge < -0.3 is 18.5 Å². The first kappa shape index (κ1) is 32.0. The number of imidazole rings is 1. The number of fused-ring (bicyclic) bond motifs is 4. The Bertz CT molecular complexity index is 2880. The van der Waals surface area contributed by atoms with Gasteiger partial charge in [0.15, 0.2) is 0 Å². The van der Waals surface area contributed by atoms with Gasteiger partial charge in [0.25, 0.3) is 0 Å². The summed E-state index contributed by atoms with van der Waals surface area (Å²) in [5.41, 5.74) is 10.2. The minimum atomic E-state index is -2.36. The largest absolute Gasteiger partial charge is 3.00 e. The second kappa shape index (κ2) is 15.8. The molecule has 0 aliphatic rings. The number of nitriles is 1. The van der Waals surface area contributed by atoms with Crippen molar-refractivity contribution in [1.82, 2.24) is 9.55 Å². The van der Waals surface area contributed by atoms with Crippen LogP contribution in [0.4, 0.5) is 0 Å². The molecule has 276 valence electrons. The fraction of sp³-hybridized carbons (Fsp3) is 0.245. The van der Waals surface area contributed by atoms with Crippen molar-refractivity contribution in [2.45, 2.75) is 72.6 Å². The summed E-state index contributed by atoms with van der Waals surface area (Å²) >= 11 is 0. The monoisotopic (exact) mass is 905 g/mol. The van der Waals surface area contributed by atoms with Gasteiger partial charge in [-0.15, -0.1) is 18.2 Å². The SMILES string of the molecule is [2H]C([2H])([2H])[n+]1[c-]n(-c2[c-]cccc2)c2ccccc21.[2H]C([2H])([2H])c1cnc(-c2[c-]ccc3c2oc2c(C#N)cccc23)cc1-c1c(C(C)C)cc(C(C)(C)C)cc1C(C)C.[Ir+3]. The number of hydrogen-bond donors (Lipinski definition) is 0. The molecule has 0 bridgehead atoms. The van der Waals surface area contributed by atoms with E-state index >= 15 is 0 Å². The van der Waals surface area contributed by atoms with Gasteiger partial charge in [0, 0.05) is 15.7 Å². The van der Waals surface area contributed by atoms with E-state index < -0.39 is 13.8 Å². The standard InChI is InChI=1S/C35H35N2O.C14H11N2.Ir/c1-20(2)28-15-24(35(6,7)8)16-29(21(3)4)32(28)30-17-31(37-19-22(30)5)27-14-10-13-26-25-12-9-11-23(18-36)33(25)38-34(26)27;1-15-11-16(12-7-3-2-4-8-12)14-10-6-5-9-13(14)15;/h9-13,15-17,19-21H,1-8H3;2-7,9-10H,1H3;/q2*-1;+3/i5D3;1D3;. The smallest absolute Gasteiger partial charge is 0.499 e. The van der Waals surface area contributed by atoms with Crippen molar-refractivity contribution < 1.29 is 37.3 Å². The van der Waals surface area contributed by atoms with Crippen LogP contribution in [0.5, 0.6) is 0 Å². The zero-order chi connectivity index (χ0) is 43.3. The molecule has 0 saturated carbocycles. The second-order valence-electron chi connectivity index (χ2n) is 15.2. The third-order valence-electron chi connectivity index (χ3n) is 9.82. The first-order valence-corrected chi connectivity index (χ1v) is 18.2. The number of aromatic nitrogens is 3. The first-order valence-electron chi connectivity index (χ1n) is 21.2. The van der Waals surface area contributed by atoms with Crippen molar-refractivity contribution >= 4 is 33.0 Å². The van der Waals surface area contributed by atoms with Gasteiger partial charge >= 0.3 is 20.1 Å². The first-order chi connectivity index (χ1) is 28.3. The molecule has 0 unspecified atom stereocenters. The van der Waals surface area contributed by atoms with Crippen molar-refractivity contribution in [1.29, 1.82) is 5.26 Å². The Morgan fingerprint density at radius 3 is 2.24 bits per heavy atom. The Morgan fingerprint density at radius 2 is 1.58 bits per heavy atom. The maximum Gasteiger partial charge on any atom is 3.00 e. The van der Waals surface area contributed by atoms with E-state index in [9.17, 15) is 5.26 Å². The van der Waals surface area contributed by atoms with Crippen molar-refractivity contribution in [3.8, 4) is 34.1 Å². The number of pyridine rings is 1. The Kier molecular flexibility index (Phi) is 9.18. The predicted molar refractivity (Wildman–Crippen MR) is 220 cm³/mol. The molecule has 0 fully saturated rings. The fourth-order valence-electron chi connectivity index (χ4n) is 6.94. The molecule has 6 heteroatoms. The Morgan fingerprint density at radius 1 is 0.855 bits per heavy atom. The molecular formula is C49H46IrN4O+. The molecule has 8 rings (SSSR count). The summed E-state index contributed by atoms with van der Waals surface area (Å²) in [6.45, 7) is 10.6. The molecule has 8 aromatic rings. The van der Waals surface area contributed by atoms with Gasteiger partial charge in [-0.2, -0.15) is 35.6 Å². The molecule has 5 nitrogen and oxygen atoms in total. The minimum absolute atomic E-state index is 0. The van der Waals surface area contributed by atoms with Crippen LogP contribution in [0.1, 0.15) is 96.3 Å². The summed E-state index contributed by atoms with van der Waals surface area (Å²) in [5, 5.41) is 11.3. The molecular weight excluding hydrogens is 853 g/mol. The molecule has 3 aromatic heterocycles. The Balaban J connectivity index is 0.000000259. The summed E-state index contributed by atoms with van der Waals surface area (Å²) in [4.78, 5) is 4.65. The Hall–Kier alpha value is -5.34. The second-order valence-corrected chi connectivity index (χ2v) is 15.2. The van der Waals surface area contributed by atoms with E-state index in [4.69, 9.17) is 12.6 Å². The van der Waals surface area contributed by atoms with E-state index in [0.717, 1.165) is 38.7 Å². The molecule has 0 atom stereocenters. The maximum atomic E-state index is 9.64. The maximum absolute atomic E-state index is 9.64. The van der Waals surface area contributed by atoms with Crippen LogP contribution >= 0.6 is 0 Å². The molecule has 55 heavy (non-hydrogen) atoms. The average molecular weight is 905 g/mol. The van der Waals surface area contributed by atoms with Crippen molar-refractivity contribution in [3.05, 3.63) is 150 Å². The average Bonchev–Trinajstić information content (AvgIpc) is 3.80. The van der Waals surface area contributed by atoms with E-state index in [2.05, 4.69) is 90.1 Å². The van der Waals surface area contributed by atoms with E-state index in [1.165, 1.54) is 16.3 Å². The zero-order valence-electron chi connectivity index (χ0n) is 38.0. The van der Waals surface area contributed by atoms with Crippen LogP contribution in [0.25, 0.3) is 61.0 Å². The zero-order valence-corrected chi connectivity index (χ0v) is 34.4. The third kappa shape index (κ3) is 7.52. The van der Waals surface area contributed by atoms with Crippen molar-refractivity contribution in [2.24, 2.45) is 6.98 Å². The molecule has 0 aliphatic carbocycles. The Labute approximate surface area is 347 Å². The molecule has 0 radical (unpaired) electrons. The molecule has 0 aliphatic heterocycles. The van der Waals surface area contributed by atoms with Gasteiger partial charge in [0.2, 0.25) is 6.33 Å². The number of para-hydroxylation sites is 4. The van der Waals surface area contributed by atoms with Crippen LogP contribution in [0.2, 0.25) is 0 Å². The summed E-state index contributed by atoms with van der Waals surface area (Å²) < 4.78 is 57.1. The van der Waals surface area contributed by atoms with Crippen molar-refractivity contribution in [2.75, 3.05) is 0 Å². The van der Waals surface area contributed by atoms with Gasteiger partial charge in [0.05, 0.1) is 33.3 Å². The van der Waals surface area contributed by atoms with Crippen molar-refractivity contribution in [3.63, 3.8) is 0 Å². The van der Waals surface area contributed by atoms with Gasteiger partial charge in [-0.1, -0.05) is 120 Å². The number of furan rings is 1. The van der Waals surface area contributed by atoms with Crippen LogP contribution in [-0.4, -0.2) is 9.55 Å². The molecule has 0 saturated heterocycles. The summed E-state index contributed by atoms with van der Waals surface area (Å²) in [5.74, 6) is 0.335. The summed E-state index contributed by atoms with van der Waals surface area (Å²) in [6.07, 6.45) is 4.37. The van der Waals surface area contributed by atoms with Crippen LogP contribution in [-0.2, 0) is 32.5 Å². The fourth-order valence-corrected chi connectivity index (χ4v) is 6.94. The predicted octanol–water partition coefficient (Wildman–Crippen LogP) is 11.9. The van der Waals surface area contributed by atoms with Crippen LogP contribution in [0.3, 0.4) is 0 Å². The summed E-state index contributed by atoms with van der Waals surface area (Å²) in [6, 6.07) is 38.9. The van der Waals surface area contributed by atoms with Crippen LogP contribution in [0.15, 0.2) is 108 Å². The van der Waals surface area contributed by atoms with Gasteiger partial charge in [0.1, 0.15) is 11.7 Å². The molecule has 0 amide bonds.